The van der Waals surface area contributed by atoms with Crippen molar-refractivity contribution in [2.75, 3.05) is 6.98 Å². The normalized spacial score (nSPS) is 60.8. The molecule has 3 atom stereocenters. The Morgan fingerprint density at radius 2 is 2.33 bits per heavy atom. The Hall–Kier alpha value is -1.81. The molecular formula is C17H20N2O2. The lowest BCUT2D eigenvalue weighted by molar-refractivity contribution is -0.000258. The Balaban J connectivity index is 2.01. The highest BCUT2D eigenvalue weighted by atomic mass is 16.5. The molecule has 0 spiro atoms. The summed E-state index contributed by atoms with van der Waals surface area (Å²) >= 11 is 0. The van der Waals surface area contributed by atoms with Crippen molar-refractivity contribution < 1.29 is 31.5 Å². The number of benzene rings is 1. The van der Waals surface area contributed by atoms with E-state index in [9.17, 15) is 4.79 Å². The molecular weight excluding hydrogens is 264 g/mol. The van der Waals surface area contributed by atoms with Crippen LogP contribution < -0.4 is 0 Å². The number of para-hydroxylation sites is 1. The highest BCUT2D eigenvalue weighted by molar-refractivity contribution is 6.04. The van der Waals surface area contributed by atoms with Gasteiger partial charge >= 0.3 is 5.97 Å². The van der Waals surface area contributed by atoms with E-state index in [1.165, 1.54) is 18.2 Å². The van der Waals surface area contributed by atoms with Crippen LogP contribution in [0.1, 0.15) is 57.8 Å². The van der Waals surface area contributed by atoms with Crippen LogP contribution in [-0.4, -0.2) is 40.9 Å². The molecule has 4 nitrogen and oxygen atoms in total. The minimum Gasteiger partial charge on any atom is -0.459 e. The molecule has 2 fully saturated rings. The second kappa shape index (κ2) is 4.88. The number of aromatic nitrogens is 1. The lowest BCUT2D eigenvalue weighted by Crippen LogP contribution is -2.43. The molecule has 2 bridgehead atoms. The van der Waals surface area contributed by atoms with Crippen LogP contribution in [-0.2, 0) is 4.74 Å². The monoisotopic (exact) mass is 300 g/mol. The number of nitrogens with zero attached hydrogens (tertiary/aromatic N) is 1. The molecule has 2 aromatic rings. The standard InChI is InChI=1S/C17H20N2O2/c1-19-11-6-7-12(19)9-13(8-11)21-17(20)15-10-18-16-5-3-2-4-14(15)16/h2-5,10-13,18H,6-9H2,1H3/t11-,12+,13?/i1D3,5D,6D2,7D2,8D2,9D2,10D,11D,12D,13D. The zero-order valence-electron chi connectivity index (χ0n) is 26.5. The van der Waals surface area contributed by atoms with Gasteiger partial charge in [-0.25, -0.2) is 4.79 Å². The Labute approximate surface area is 146 Å². The van der Waals surface area contributed by atoms with Crippen LogP contribution in [0, 0.1) is 0 Å². The van der Waals surface area contributed by atoms with E-state index in [0.29, 0.717) is 0 Å². The van der Waals surface area contributed by atoms with E-state index in [0.717, 1.165) is 0 Å². The van der Waals surface area contributed by atoms with Crippen molar-refractivity contribution in [3.8, 4) is 0 Å². The Morgan fingerprint density at radius 3 is 3.10 bits per heavy atom. The summed E-state index contributed by atoms with van der Waals surface area (Å²) in [5.74, 6) is -1.72. The van der Waals surface area contributed by atoms with Gasteiger partial charge in [-0.1, -0.05) is 18.2 Å². The molecule has 1 N–H and O–H groups in total. The maximum absolute atomic E-state index is 13.2. The molecule has 21 heavy (non-hydrogen) atoms. The largest absolute Gasteiger partial charge is 0.459 e. The molecule has 0 aliphatic carbocycles. The van der Waals surface area contributed by atoms with E-state index in [2.05, 4.69) is 4.98 Å². The summed E-state index contributed by atoms with van der Waals surface area (Å²) in [6.07, 6.45) is -20.8. The first-order valence-electron chi connectivity index (χ1n) is 14.0. The molecule has 0 saturated carbocycles. The number of H-pyrrole nitrogens is 1. The third kappa shape index (κ3) is 2.14. The van der Waals surface area contributed by atoms with Crippen molar-refractivity contribution >= 4 is 16.9 Å². The minimum atomic E-state index is -4.12. The van der Waals surface area contributed by atoms with Crippen molar-refractivity contribution in [1.82, 2.24) is 9.88 Å². The first-order valence-corrected chi connectivity index (χ1v) is 6.03. The molecule has 1 aromatic heterocycles. The Kier molecular flexibility index (Phi) is 1.01. The van der Waals surface area contributed by atoms with Crippen LogP contribution in [0.15, 0.2) is 30.4 Å². The van der Waals surface area contributed by atoms with Gasteiger partial charge in [-0.15, -0.1) is 0 Å². The van der Waals surface area contributed by atoms with Gasteiger partial charge in [0.15, 0.2) is 0 Å². The first-order chi connectivity index (χ1) is 16.4. The highest BCUT2D eigenvalue weighted by Gasteiger charge is 2.40. The number of carbonyl (C=O) groups excluding carboxylic acids is 1. The summed E-state index contributed by atoms with van der Waals surface area (Å²) in [6.45, 7) is -3.80. The van der Waals surface area contributed by atoms with Gasteiger partial charge in [0.1, 0.15) is 6.08 Å². The summed E-state index contributed by atoms with van der Waals surface area (Å²) in [6, 6.07) is -4.20. The number of carbonyl (C=O) groups is 1. The number of piperidine rings is 1. The quantitative estimate of drug-likeness (QED) is 0.867. The molecule has 1 unspecified atom stereocenters. The van der Waals surface area contributed by atoms with Gasteiger partial charge in [0.05, 0.1) is 9.68 Å². The summed E-state index contributed by atoms with van der Waals surface area (Å²) in [7, 11) is 0. The Bertz CT molecular complexity index is 1280. The maximum atomic E-state index is 13.2. The fourth-order valence-electron chi connectivity index (χ4n) is 2.06. The van der Waals surface area contributed by atoms with Crippen LogP contribution in [0.2, 0.25) is 0 Å². The summed E-state index contributed by atoms with van der Waals surface area (Å²) in [4.78, 5) is 15.1. The number of hydrogen-bond donors (Lipinski definition) is 1. The van der Waals surface area contributed by atoms with Gasteiger partial charge in [-0.3, -0.25) is 0 Å². The third-order valence-corrected chi connectivity index (χ3v) is 3.05. The predicted molar refractivity (Wildman–Crippen MR) is 81.3 cm³/mol. The van der Waals surface area contributed by atoms with E-state index in [4.69, 9.17) is 26.7 Å². The molecule has 2 saturated heterocycles. The lowest BCUT2D eigenvalue weighted by atomic mass is 10.0. The maximum Gasteiger partial charge on any atom is 0.340 e. The highest BCUT2D eigenvalue weighted by Crippen LogP contribution is 2.35. The number of fused-ring (bicyclic) bond motifs is 3. The number of ether oxygens (including phenoxy) is 1. The topological polar surface area (TPSA) is 45.3 Å². The van der Waals surface area contributed by atoms with Gasteiger partial charge in [0.2, 0.25) is 0 Å². The van der Waals surface area contributed by atoms with Crippen molar-refractivity contribution in [2.24, 2.45) is 0 Å². The van der Waals surface area contributed by atoms with Crippen LogP contribution in [0.4, 0.5) is 0 Å². The van der Waals surface area contributed by atoms with Crippen molar-refractivity contribution in [3.63, 3.8) is 0 Å². The smallest absolute Gasteiger partial charge is 0.340 e. The van der Waals surface area contributed by atoms with E-state index in [1.54, 1.807) is 0 Å². The third-order valence-electron chi connectivity index (χ3n) is 3.05. The van der Waals surface area contributed by atoms with Crippen LogP contribution in [0.25, 0.3) is 10.9 Å². The average Bonchev–Trinajstić information content (AvgIpc) is 3.11. The average molecular weight is 300 g/mol. The van der Waals surface area contributed by atoms with E-state index < -0.39 is 73.2 Å². The van der Waals surface area contributed by atoms with Crippen molar-refractivity contribution in [1.29, 1.82) is 0 Å². The van der Waals surface area contributed by atoms with Crippen molar-refractivity contribution in [3.05, 3.63) is 36.0 Å². The minimum absolute atomic E-state index is 0.0246. The van der Waals surface area contributed by atoms with Crippen LogP contribution >= 0.6 is 0 Å². The first kappa shape index (κ1) is 4.35. The van der Waals surface area contributed by atoms with Crippen LogP contribution in [0.5, 0.6) is 0 Å². The molecule has 3 heterocycles. The number of esters is 1. The summed E-state index contributed by atoms with van der Waals surface area (Å²) < 4.78 is 137. The summed E-state index contributed by atoms with van der Waals surface area (Å²) in [5.41, 5.74) is -0.694. The predicted octanol–water partition coefficient (Wildman–Crippen LogP) is 2.95. The molecule has 110 valence electrons. The Morgan fingerprint density at radius 1 is 1.52 bits per heavy atom. The van der Waals surface area contributed by atoms with Crippen molar-refractivity contribution in [2.45, 2.75) is 43.6 Å². The zero-order chi connectivity index (χ0) is 28.6. The van der Waals surface area contributed by atoms with Gasteiger partial charge in [-0.2, -0.15) is 0 Å². The molecule has 4 rings (SSSR count). The van der Waals surface area contributed by atoms with E-state index in [-0.39, 0.29) is 16.9 Å². The van der Waals surface area contributed by atoms with Gasteiger partial charge < -0.3 is 14.6 Å². The molecule has 0 amide bonds. The SMILES string of the molecule is [2H]c1[nH]c2c([2H])cccc2c1C(=O)OC1([2H])C([2H])([2H])[C@]2([2H])N(C([2H])([2H])[2H])[C@]([2H])(C1([2H])[2H])C([2H])([2H])C2([2H])[2H]. The number of aromatic amines is 1. The van der Waals surface area contributed by atoms with Gasteiger partial charge in [-0.05, 0) is 25.8 Å². The fourth-order valence-corrected chi connectivity index (χ4v) is 2.06. The van der Waals surface area contributed by atoms with Gasteiger partial charge in [0.25, 0.3) is 0 Å². The molecule has 2 aliphatic heterocycles. The molecule has 0 radical (unpaired) electrons. The number of hydrogen-bond acceptors (Lipinski definition) is 3. The van der Waals surface area contributed by atoms with E-state index in [1.807, 2.05) is 0 Å². The second-order valence-corrected chi connectivity index (χ2v) is 4.34. The second-order valence-electron chi connectivity index (χ2n) is 4.34. The molecule has 4 heteroatoms. The summed E-state index contributed by atoms with van der Waals surface area (Å²) in [5, 5.41) is -0.0954. The number of nitrogens with one attached hydrogen (secondary N) is 1. The van der Waals surface area contributed by atoms with E-state index >= 15 is 0 Å². The zero-order valence-corrected chi connectivity index (χ0v) is 10.5. The molecule has 2 aliphatic rings. The fraction of sp³-hybridized carbons (Fsp3) is 0.471. The van der Waals surface area contributed by atoms with Crippen LogP contribution in [0.3, 0.4) is 0 Å². The molecule has 1 aromatic carbocycles. The van der Waals surface area contributed by atoms with Gasteiger partial charge in [0, 0.05) is 59.7 Å². The number of rotatable bonds is 2. The lowest BCUT2D eigenvalue weighted by Gasteiger charge is -2.35.